The molecule has 1 N–H and O–H groups in total. The first-order valence-electron chi connectivity index (χ1n) is 14.7. The van der Waals surface area contributed by atoms with Crippen LogP contribution in [0.25, 0.3) is 11.0 Å². The molecule has 2 aliphatic rings. The number of aromatic nitrogens is 2. The van der Waals surface area contributed by atoms with Gasteiger partial charge in [-0.3, -0.25) is 0 Å². The molecule has 2 unspecified atom stereocenters. The van der Waals surface area contributed by atoms with E-state index in [1.807, 2.05) is 24.3 Å². The summed E-state index contributed by atoms with van der Waals surface area (Å²) >= 11 is 0. The van der Waals surface area contributed by atoms with Crippen molar-refractivity contribution in [3.63, 3.8) is 0 Å². The second-order valence-electron chi connectivity index (χ2n) is 11.5. The largest absolute Gasteiger partial charge is 0.325 e. The number of benzene rings is 3. The number of nitrogens with one attached hydrogen (secondary N) is 1. The summed E-state index contributed by atoms with van der Waals surface area (Å²) in [7, 11) is -3.68. The van der Waals surface area contributed by atoms with Gasteiger partial charge in [-0.2, -0.15) is 5.26 Å². The maximum atomic E-state index is 13.1. The maximum absolute atomic E-state index is 13.1. The van der Waals surface area contributed by atoms with Crippen molar-refractivity contribution in [3.8, 4) is 6.07 Å². The molecule has 1 aromatic heterocycles. The maximum Gasteiger partial charge on any atom is 0.240 e. The molecule has 2 fully saturated rings. The summed E-state index contributed by atoms with van der Waals surface area (Å²) in [4.78, 5) is 7.70. The Hall–Kier alpha value is -3.51. The summed E-state index contributed by atoms with van der Waals surface area (Å²) in [5.41, 5.74) is 3.90. The summed E-state index contributed by atoms with van der Waals surface area (Å²) in [5, 5.41) is 9.05. The van der Waals surface area contributed by atoms with Gasteiger partial charge in [-0.15, -0.1) is 0 Å². The number of imidazole rings is 1. The number of aryl methyl sites for hydroxylation is 1. The molecule has 4 atom stereocenters. The molecule has 7 nitrogen and oxygen atoms in total. The van der Waals surface area contributed by atoms with Crippen LogP contribution in [-0.2, 0) is 10.0 Å². The Labute approximate surface area is 242 Å². The van der Waals surface area contributed by atoms with Crippen LogP contribution >= 0.6 is 0 Å². The SMILES string of the molecule is Cc1nc2ccccc2n1[C@H]1CCN(CCC(CNS(=O)(=O)c2ccc(C#N)cc2)c2ccccc2)C2CC[C@H]2C1. The van der Waals surface area contributed by atoms with Crippen LogP contribution in [0, 0.1) is 24.2 Å². The summed E-state index contributed by atoms with van der Waals surface area (Å²) in [6.07, 6.45) is 5.67. The molecule has 0 amide bonds. The molecular weight excluding hydrogens is 530 g/mol. The molecule has 41 heavy (non-hydrogen) atoms. The second-order valence-corrected chi connectivity index (χ2v) is 13.3. The molecule has 6 rings (SSSR count). The number of nitriles is 1. The molecule has 0 bridgehead atoms. The third-order valence-corrected chi connectivity index (χ3v) is 10.6. The van der Waals surface area contributed by atoms with Gasteiger partial charge in [0, 0.05) is 25.2 Å². The average Bonchev–Trinajstić information content (AvgIpc) is 3.26. The summed E-state index contributed by atoms with van der Waals surface area (Å²) < 4.78 is 31.5. The number of sulfonamides is 1. The number of para-hydroxylation sites is 2. The van der Waals surface area contributed by atoms with Gasteiger partial charge in [0.25, 0.3) is 0 Å². The van der Waals surface area contributed by atoms with Crippen molar-refractivity contribution >= 4 is 21.1 Å². The molecular formula is C33H37N5O2S. The third-order valence-electron chi connectivity index (χ3n) is 9.16. The van der Waals surface area contributed by atoms with Crippen LogP contribution in [0.2, 0.25) is 0 Å². The van der Waals surface area contributed by atoms with Gasteiger partial charge in [-0.25, -0.2) is 18.1 Å². The van der Waals surface area contributed by atoms with Gasteiger partial charge >= 0.3 is 0 Å². The van der Waals surface area contributed by atoms with Crippen molar-refractivity contribution in [2.45, 2.75) is 61.9 Å². The summed E-state index contributed by atoms with van der Waals surface area (Å²) in [6, 6.07) is 27.8. The lowest BCUT2D eigenvalue weighted by molar-refractivity contribution is 0.0701. The van der Waals surface area contributed by atoms with Crippen molar-refractivity contribution in [2.75, 3.05) is 19.6 Å². The van der Waals surface area contributed by atoms with Crippen LogP contribution < -0.4 is 4.72 Å². The van der Waals surface area contributed by atoms with Gasteiger partial charge in [-0.05, 0) is 99.4 Å². The Morgan fingerprint density at radius 3 is 2.49 bits per heavy atom. The lowest BCUT2D eigenvalue weighted by Crippen LogP contribution is -2.46. The molecule has 3 aromatic carbocycles. The van der Waals surface area contributed by atoms with Gasteiger partial charge in [0.05, 0.1) is 27.6 Å². The fourth-order valence-electron chi connectivity index (χ4n) is 6.83. The number of nitrogens with zero attached hydrogens (tertiary/aromatic N) is 4. The van der Waals surface area contributed by atoms with Crippen molar-refractivity contribution in [2.24, 2.45) is 5.92 Å². The van der Waals surface area contributed by atoms with E-state index in [9.17, 15) is 8.42 Å². The molecule has 1 aliphatic carbocycles. The highest BCUT2D eigenvalue weighted by molar-refractivity contribution is 7.89. The van der Waals surface area contributed by atoms with E-state index >= 15 is 0 Å². The standard InChI is InChI=1S/C33H37N5O2S/c1-24-36-31-9-5-6-10-33(31)38(24)29-18-20-37(32-16-13-27(32)21-29)19-17-28(26-7-3-2-4-8-26)23-35-41(39,40)30-14-11-25(22-34)12-15-30/h2-12,14-15,27-29,32,35H,13,16-21,23H2,1H3/t27-,28?,29-,32?/m0/s1. The van der Waals surface area contributed by atoms with Crippen LogP contribution in [0.1, 0.15) is 61.0 Å². The molecule has 0 radical (unpaired) electrons. The van der Waals surface area contributed by atoms with Crippen LogP contribution in [0.15, 0.2) is 83.8 Å². The molecule has 0 spiro atoms. The number of hydrogen-bond donors (Lipinski definition) is 1. The zero-order valence-corrected chi connectivity index (χ0v) is 24.3. The van der Waals surface area contributed by atoms with Crippen molar-refractivity contribution in [3.05, 3.63) is 95.8 Å². The van der Waals surface area contributed by atoms with E-state index in [2.05, 4.69) is 57.5 Å². The predicted octanol–water partition coefficient (Wildman–Crippen LogP) is 5.78. The number of fused-ring (bicyclic) bond motifs is 2. The highest BCUT2D eigenvalue weighted by atomic mass is 32.2. The molecule has 212 valence electrons. The van der Waals surface area contributed by atoms with Crippen LogP contribution in [0.4, 0.5) is 0 Å². The monoisotopic (exact) mass is 567 g/mol. The van der Waals surface area contributed by atoms with Crippen molar-refractivity contribution in [1.29, 1.82) is 5.26 Å². The van der Waals surface area contributed by atoms with Gasteiger partial charge in [-0.1, -0.05) is 42.5 Å². The van der Waals surface area contributed by atoms with Gasteiger partial charge < -0.3 is 9.47 Å². The zero-order valence-electron chi connectivity index (χ0n) is 23.5. The minimum Gasteiger partial charge on any atom is -0.325 e. The minimum atomic E-state index is -3.68. The van der Waals surface area contributed by atoms with E-state index in [1.54, 1.807) is 12.1 Å². The summed E-state index contributed by atoms with van der Waals surface area (Å²) in [6.45, 7) is 4.44. The molecule has 1 saturated heterocycles. The molecule has 1 saturated carbocycles. The lowest BCUT2D eigenvalue weighted by atomic mass is 9.75. The van der Waals surface area contributed by atoms with E-state index in [4.69, 9.17) is 10.2 Å². The summed E-state index contributed by atoms with van der Waals surface area (Å²) in [5.74, 6) is 1.84. The highest BCUT2D eigenvalue weighted by Crippen LogP contribution is 2.43. The predicted molar refractivity (Wildman–Crippen MR) is 161 cm³/mol. The third kappa shape index (κ3) is 5.80. The normalized spacial score (nSPS) is 21.9. The first-order chi connectivity index (χ1) is 19.9. The Morgan fingerprint density at radius 1 is 1.00 bits per heavy atom. The molecule has 4 aromatic rings. The van der Waals surface area contributed by atoms with E-state index in [0.717, 1.165) is 42.8 Å². The van der Waals surface area contributed by atoms with Crippen molar-refractivity contribution in [1.82, 2.24) is 19.2 Å². The minimum absolute atomic E-state index is 0.0572. The Morgan fingerprint density at radius 2 is 1.76 bits per heavy atom. The zero-order chi connectivity index (χ0) is 28.4. The van der Waals surface area contributed by atoms with Gasteiger partial charge in [0.15, 0.2) is 0 Å². The van der Waals surface area contributed by atoms with E-state index < -0.39 is 10.0 Å². The van der Waals surface area contributed by atoms with Crippen molar-refractivity contribution < 1.29 is 8.42 Å². The smallest absolute Gasteiger partial charge is 0.240 e. The first kappa shape index (κ1) is 27.6. The fourth-order valence-corrected chi connectivity index (χ4v) is 7.91. The van der Waals surface area contributed by atoms with E-state index in [0.29, 0.717) is 30.1 Å². The van der Waals surface area contributed by atoms with Gasteiger partial charge in [0.1, 0.15) is 5.82 Å². The average molecular weight is 568 g/mol. The van der Waals surface area contributed by atoms with Crippen LogP contribution in [0.3, 0.4) is 0 Å². The molecule has 1 aliphatic heterocycles. The van der Waals surface area contributed by atoms with Gasteiger partial charge in [0.2, 0.25) is 10.0 Å². The Kier molecular flexibility index (Phi) is 7.94. The molecule has 2 heterocycles. The topological polar surface area (TPSA) is 91.0 Å². The van der Waals surface area contributed by atoms with Crippen LogP contribution in [0.5, 0.6) is 0 Å². The van der Waals surface area contributed by atoms with E-state index in [1.165, 1.54) is 36.9 Å². The lowest BCUT2D eigenvalue weighted by Gasteiger charge is -2.43. The Bertz CT molecular complexity index is 1640. The highest BCUT2D eigenvalue weighted by Gasteiger charge is 2.40. The quantitative estimate of drug-likeness (QED) is 0.277. The van der Waals surface area contributed by atoms with E-state index in [-0.39, 0.29) is 10.8 Å². The fraction of sp³-hybridized carbons (Fsp3) is 0.394. The second kappa shape index (κ2) is 11.8. The number of likely N-dealkylation sites (tertiary alicyclic amines) is 1. The van der Waals surface area contributed by atoms with Crippen LogP contribution in [-0.4, -0.2) is 48.5 Å². The number of hydrogen-bond acceptors (Lipinski definition) is 5. The molecule has 8 heteroatoms. The Balaban J connectivity index is 1.15. The number of rotatable bonds is 9. The first-order valence-corrected chi connectivity index (χ1v) is 16.1.